The molecule has 0 bridgehead atoms. The van der Waals surface area contributed by atoms with E-state index in [1.54, 1.807) is 6.07 Å². The molecular weight excluding hydrogens is 228 g/mol. The summed E-state index contributed by atoms with van der Waals surface area (Å²) >= 11 is 0. The van der Waals surface area contributed by atoms with E-state index >= 15 is 0 Å². The van der Waals surface area contributed by atoms with Gasteiger partial charge in [-0.05, 0) is 6.07 Å². The fourth-order valence-corrected chi connectivity index (χ4v) is 1.59. The zero-order valence-electron chi connectivity index (χ0n) is 9.11. The monoisotopic (exact) mass is 239 g/mol. The number of hydrogen-bond donors (Lipinski definition) is 1. The van der Waals surface area contributed by atoms with Gasteiger partial charge in [0.2, 0.25) is 0 Å². The number of halogens is 2. The molecule has 2 rings (SSSR count). The van der Waals surface area contributed by atoms with E-state index in [-0.39, 0.29) is 11.3 Å². The van der Waals surface area contributed by atoms with Crippen molar-refractivity contribution in [1.82, 2.24) is 0 Å². The molecule has 0 amide bonds. The van der Waals surface area contributed by atoms with Gasteiger partial charge in [-0.15, -0.1) is 0 Å². The minimum atomic E-state index is -0.903. The zero-order chi connectivity index (χ0) is 12.4. The molecule has 1 atom stereocenters. The van der Waals surface area contributed by atoms with Crippen LogP contribution in [0.15, 0.2) is 35.1 Å². The summed E-state index contributed by atoms with van der Waals surface area (Å²) in [7, 11) is 1.34. The average Bonchev–Trinajstić information content (AvgIpc) is 2.81. The van der Waals surface area contributed by atoms with Crippen molar-refractivity contribution in [2.75, 3.05) is 7.11 Å². The maximum Gasteiger partial charge on any atom is 0.134 e. The van der Waals surface area contributed by atoms with Gasteiger partial charge in [0, 0.05) is 23.3 Å². The third kappa shape index (κ3) is 2.14. The minimum Gasteiger partial charge on any atom is -0.497 e. The summed E-state index contributed by atoms with van der Waals surface area (Å²) in [5.74, 6) is -1.37. The Morgan fingerprint density at radius 3 is 2.41 bits per heavy atom. The molecule has 3 nitrogen and oxygen atoms in total. The lowest BCUT2D eigenvalue weighted by Gasteiger charge is -2.13. The molecule has 2 N–H and O–H groups in total. The second kappa shape index (κ2) is 4.55. The van der Waals surface area contributed by atoms with E-state index in [2.05, 4.69) is 0 Å². The van der Waals surface area contributed by atoms with Crippen LogP contribution >= 0.6 is 0 Å². The number of benzene rings is 1. The van der Waals surface area contributed by atoms with Crippen molar-refractivity contribution >= 4 is 0 Å². The zero-order valence-corrected chi connectivity index (χ0v) is 9.11. The highest BCUT2D eigenvalue weighted by Gasteiger charge is 2.20. The van der Waals surface area contributed by atoms with Crippen LogP contribution in [0.5, 0.6) is 5.75 Å². The van der Waals surface area contributed by atoms with Gasteiger partial charge in [-0.2, -0.15) is 0 Å². The molecular formula is C12H11F2NO2. The van der Waals surface area contributed by atoms with Crippen molar-refractivity contribution in [3.05, 3.63) is 53.5 Å². The van der Waals surface area contributed by atoms with Gasteiger partial charge in [0.15, 0.2) is 0 Å². The number of ether oxygens (including phenoxy) is 1. The summed E-state index contributed by atoms with van der Waals surface area (Å²) in [4.78, 5) is 0. The fourth-order valence-electron chi connectivity index (χ4n) is 1.59. The van der Waals surface area contributed by atoms with Gasteiger partial charge in [-0.1, -0.05) is 0 Å². The topological polar surface area (TPSA) is 48.4 Å². The van der Waals surface area contributed by atoms with Crippen LogP contribution < -0.4 is 10.5 Å². The van der Waals surface area contributed by atoms with Crippen molar-refractivity contribution in [3.63, 3.8) is 0 Å². The van der Waals surface area contributed by atoms with Gasteiger partial charge in [0.25, 0.3) is 0 Å². The highest BCUT2D eigenvalue weighted by atomic mass is 19.1. The number of furan rings is 1. The Kier molecular flexibility index (Phi) is 3.10. The number of methoxy groups -OCH3 is 1. The summed E-state index contributed by atoms with van der Waals surface area (Å²) in [6.07, 6.45) is 2.75. The molecule has 1 heterocycles. The SMILES string of the molecule is COc1cc(F)c(C(N)c2ccoc2)c(F)c1. The first-order chi connectivity index (χ1) is 8.13. The predicted octanol–water partition coefficient (Wildman–Crippen LogP) is 2.61. The van der Waals surface area contributed by atoms with Gasteiger partial charge in [0.05, 0.1) is 25.7 Å². The molecule has 1 aromatic carbocycles. The molecule has 1 unspecified atom stereocenters. The van der Waals surface area contributed by atoms with E-state index in [9.17, 15) is 8.78 Å². The van der Waals surface area contributed by atoms with Gasteiger partial charge >= 0.3 is 0 Å². The first-order valence-corrected chi connectivity index (χ1v) is 4.94. The first kappa shape index (κ1) is 11.6. The minimum absolute atomic E-state index is 0.114. The van der Waals surface area contributed by atoms with E-state index in [4.69, 9.17) is 14.9 Å². The summed E-state index contributed by atoms with van der Waals surface area (Å²) in [5.41, 5.74) is 6.08. The van der Waals surface area contributed by atoms with E-state index in [0.29, 0.717) is 5.56 Å². The van der Waals surface area contributed by atoms with Crippen LogP contribution in [0, 0.1) is 11.6 Å². The number of nitrogens with two attached hydrogens (primary N) is 1. The van der Waals surface area contributed by atoms with Gasteiger partial charge in [0.1, 0.15) is 17.4 Å². The highest BCUT2D eigenvalue weighted by Crippen LogP contribution is 2.28. The second-order valence-corrected chi connectivity index (χ2v) is 3.54. The van der Waals surface area contributed by atoms with E-state index in [0.717, 1.165) is 12.1 Å². The molecule has 0 radical (unpaired) electrons. The molecule has 0 spiro atoms. The Bertz CT molecular complexity index is 488. The van der Waals surface area contributed by atoms with Crippen LogP contribution in [0.25, 0.3) is 0 Å². The summed E-state index contributed by atoms with van der Waals surface area (Å²) in [6, 6.07) is 2.85. The maximum absolute atomic E-state index is 13.7. The van der Waals surface area contributed by atoms with Crippen LogP contribution in [0.3, 0.4) is 0 Å². The van der Waals surface area contributed by atoms with Crippen molar-refractivity contribution in [3.8, 4) is 5.75 Å². The van der Waals surface area contributed by atoms with Crippen LogP contribution in [0.1, 0.15) is 17.2 Å². The Morgan fingerprint density at radius 1 is 1.29 bits per heavy atom. The van der Waals surface area contributed by atoms with Crippen molar-refractivity contribution in [2.45, 2.75) is 6.04 Å². The van der Waals surface area contributed by atoms with E-state index < -0.39 is 17.7 Å². The van der Waals surface area contributed by atoms with Gasteiger partial charge in [-0.3, -0.25) is 0 Å². The first-order valence-electron chi connectivity index (χ1n) is 4.94. The van der Waals surface area contributed by atoms with E-state index in [1.807, 2.05) is 0 Å². The van der Waals surface area contributed by atoms with Crippen LogP contribution in [-0.4, -0.2) is 7.11 Å². The molecule has 0 aliphatic heterocycles. The number of rotatable bonds is 3. The number of hydrogen-bond acceptors (Lipinski definition) is 3. The molecule has 0 saturated carbocycles. The molecule has 90 valence electrons. The maximum atomic E-state index is 13.7. The Hall–Kier alpha value is -1.88. The molecule has 0 fully saturated rings. The molecule has 2 aromatic rings. The van der Waals surface area contributed by atoms with Crippen molar-refractivity contribution in [1.29, 1.82) is 0 Å². The molecule has 1 aromatic heterocycles. The van der Waals surface area contributed by atoms with Gasteiger partial charge < -0.3 is 14.9 Å². The molecule has 17 heavy (non-hydrogen) atoms. The average molecular weight is 239 g/mol. The van der Waals surface area contributed by atoms with Crippen LogP contribution in [0.2, 0.25) is 0 Å². The smallest absolute Gasteiger partial charge is 0.134 e. The Labute approximate surface area is 96.8 Å². The van der Waals surface area contributed by atoms with Crippen LogP contribution in [-0.2, 0) is 0 Å². The summed E-state index contributed by atoms with van der Waals surface area (Å²) in [6.45, 7) is 0. The van der Waals surface area contributed by atoms with Crippen molar-refractivity contribution in [2.24, 2.45) is 5.73 Å². The van der Waals surface area contributed by atoms with Gasteiger partial charge in [-0.25, -0.2) is 8.78 Å². The quantitative estimate of drug-likeness (QED) is 0.895. The highest BCUT2D eigenvalue weighted by molar-refractivity contribution is 5.36. The lowest BCUT2D eigenvalue weighted by molar-refractivity contribution is 0.404. The summed E-state index contributed by atoms with van der Waals surface area (Å²) < 4.78 is 37.0. The van der Waals surface area contributed by atoms with Crippen molar-refractivity contribution < 1.29 is 17.9 Å². The fraction of sp³-hybridized carbons (Fsp3) is 0.167. The molecule has 0 aliphatic carbocycles. The normalized spacial score (nSPS) is 12.5. The van der Waals surface area contributed by atoms with Crippen LogP contribution in [0.4, 0.5) is 8.78 Å². The molecule has 0 saturated heterocycles. The molecule has 0 aliphatic rings. The summed E-state index contributed by atoms with van der Waals surface area (Å²) in [5, 5.41) is 0. The third-order valence-electron chi connectivity index (χ3n) is 2.50. The standard InChI is InChI=1S/C12H11F2NO2/c1-16-8-4-9(13)11(10(14)5-8)12(15)7-2-3-17-6-7/h2-6,12H,15H2,1H3. The Balaban J connectivity index is 2.45. The van der Waals surface area contributed by atoms with E-state index in [1.165, 1.54) is 19.6 Å². The largest absolute Gasteiger partial charge is 0.497 e. The predicted molar refractivity (Wildman–Crippen MR) is 57.6 cm³/mol. The Morgan fingerprint density at radius 2 is 1.94 bits per heavy atom. The molecule has 5 heteroatoms. The third-order valence-corrected chi connectivity index (χ3v) is 2.50. The lowest BCUT2D eigenvalue weighted by atomic mass is 10.0. The second-order valence-electron chi connectivity index (χ2n) is 3.54. The lowest BCUT2D eigenvalue weighted by Crippen LogP contribution is -2.15.